The molecule has 0 spiro atoms. The number of rotatable bonds is 3. The van der Waals surface area contributed by atoms with E-state index in [4.69, 9.17) is 5.73 Å². The van der Waals surface area contributed by atoms with Crippen molar-refractivity contribution in [2.45, 2.75) is 22.7 Å². The van der Waals surface area contributed by atoms with Crippen LogP contribution in [0.25, 0.3) is 0 Å². The number of thiazole rings is 1. The maximum absolute atomic E-state index is 5.62. The largest absolute Gasteiger partial charge is 0.326 e. The molecule has 2 rings (SSSR count). The van der Waals surface area contributed by atoms with Crippen LogP contribution in [0.15, 0.2) is 39.0 Å². The van der Waals surface area contributed by atoms with Crippen LogP contribution in [-0.4, -0.2) is 4.98 Å². The molecule has 0 unspecified atom stereocenters. The monoisotopic (exact) mass is 236 g/mol. The quantitative estimate of drug-likeness (QED) is 0.890. The Bertz CT molecular complexity index is 438. The molecule has 78 valence electrons. The van der Waals surface area contributed by atoms with Gasteiger partial charge in [-0.2, -0.15) is 0 Å². The van der Waals surface area contributed by atoms with Crippen LogP contribution in [0, 0.1) is 6.92 Å². The summed E-state index contributed by atoms with van der Waals surface area (Å²) in [4.78, 5) is 5.46. The fraction of sp³-hybridized carbons (Fsp3) is 0.182. The molecule has 2 aromatic rings. The second kappa shape index (κ2) is 4.79. The van der Waals surface area contributed by atoms with E-state index in [1.165, 1.54) is 16.0 Å². The third kappa shape index (κ3) is 2.59. The van der Waals surface area contributed by atoms with Crippen molar-refractivity contribution in [2.75, 3.05) is 0 Å². The van der Waals surface area contributed by atoms with Crippen LogP contribution >= 0.6 is 23.1 Å². The number of hydrogen-bond acceptors (Lipinski definition) is 4. The fourth-order valence-corrected chi connectivity index (χ4v) is 3.02. The highest BCUT2D eigenvalue weighted by Crippen LogP contribution is 2.30. The van der Waals surface area contributed by atoms with Gasteiger partial charge in [0.15, 0.2) is 4.34 Å². The normalized spacial score (nSPS) is 10.5. The highest BCUT2D eigenvalue weighted by Gasteiger charge is 2.02. The molecule has 0 atom stereocenters. The molecule has 0 amide bonds. The highest BCUT2D eigenvalue weighted by atomic mass is 32.2. The van der Waals surface area contributed by atoms with Crippen molar-refractivity contribution in [2.24, 2.45) is 5.73 Å². The molecule has 0 saturated carbocycles. The summed E-state index contributed by atoms with van der Waals surface area (Å²) in [6.07, 6.45) is 1.83. The Morgan fingerprint density at radius 1 is 1.47 bits per heavy atom. The average molecular weight is 236 g/mol. The zero-order chi connectivity index (χ0) is 10.7. The molecule has 0 aliphatic heterocycles. The van der Waals surface area contributed by atoms with Gasteiger partial charge in [0.05, 0.1) is 0 Å². The molecule has 2 nitrogen and oxygen atoms in total. The zero-order valence-electron chi connectivity index (χ0n) is 8.43. The van der Waals surface area contributed by atoms with Crippen molar-refractivity contribution in [1.29, 1.82) is 0 Å². The topological polar surface area (TPSA) is 38.9 Å². The molecule has 0 bridgehead atoms. The van der Waals surface area contributed by atoms with E-state index in [9.17, 15) is 0 Å². The smallest absolute Gasteiger partial charge is 0.154 e. The minimum atomic E-state index is 0.605. The van der Waals surface area contributed by atoms with Crippen LogP contribution in [0.5, 0.6) is 0 Å². The second-order valence-electron chi connectivity index (χ2n) is 3.19. The SMILES string of the molecule is Cc1cc(Sc2nccs2)ccc1CN. The van der Waals surface area contributed by atoms with E-state index in [1.807, 2.05) is 11.6 Å². The van der Waals surface area contributed by atoms with Gasteiger partial charge < -0.3 is 5.73 Å². The summed E-state index contributed by atoms with van der Waals surface area (Å²) in [6, 6.07) is 6.35. The van der Waals surface area contributed by atoms with E-state index < -0.39 is 0 Å². The minimum Gasteiger partial charge on any atom is -0.326 e. The van der Waals surface area contributed by atoms with Crippen molar-refractivity contribution in [3.63, 3.8) is 0 Å². The number of hydrogen-bond donors (Lipinski definition) is 1. The van der Waals surface area contributed by atoms with Crippen molar-refractivity contribution < 1.29 is 0 Å². The Morgan fingerprint density at radius 2 is 2.33 bits per heavy atom. The lowest BCUT2D eigenvalue weighted by molar-refractivity contribution is 1.04. The fourth-order valence-electron chi connectivity index (χ4n) is 1.32. The lowest BCUT2D eigenvalue weighted by Crippen LogP contribution is -1.98. The molecular weight excluding hydrogens is 224 g/mol. The zero-order valence-corrected chi connectivity index (χ0v) is 10.1. The number of benzene rings is 1. The van der Waals surface area contributed by atoms with Gasteiger partial charge in [0.1, 0.15) is 0 Å². The van der Waals surface area contributed by atoms with E-state index >= 15 is 0 Å². The highest BCUT2D eigenvalue weighted by molar-refractivity contribution is 8.01. The maximum atomic E-state index is 5.62. The minimum absolute atomic E-state index is 0.605. The lowest BCUT2D eigenvalue weighted by Gasteiger charge is -2.04. The predicted molar refractivity (Wildman–Crippen MR) is 65.3 cm³/mol. The Labute approximate surface area is 97.5 Å². The maximum Gasteiger partial charge on any atom is 0.154 e. The first-order valence-electron chi connectivity index (χ1n) is 4.66. The summed E-state index contributed by atoms with van der Waals surface area (Å²) in [5, 5.41) is 1.99. The van der Waals surface area contributed by atoms with Crippen LogP contribution in [0.1, 0.15) is 11.1 Å². The summed E-state index contributed by atoms with van der Waals surface area (Å²) in [6.45, 7) is 2.70. The standard InChI is InChI=1S/C11H12N2S2/c1-8-6-10(3-2-9(8)7-12)15-11-13-4-5-14-11/h2-6H,7,12H2,1H3. The molecule has 1 aromatic carbocycles. The van der Waals surface area contributed by atoms with Gasteiger partial charge >= 0.3 is 0 Å². The molecule has 2 N–H and O–H groups in total. The average Bonchev–Trinajstić information content (AvgIpc) is 2.71. The van der Waals surface area contributed by atoms with Gasteiger partial charge in [-0.25, -0.2) is 4.98 Å². The molecule has 0 saturated heterocycles. The molecule has 0 aliphatic carbocycles. The third-order valence-corrected chi connectivity index (χ3v) is 4.02. The van der Waals surface area contributed by atoms with Crippen LogP contribution in [-0.2, 0) is 6.54 Å². The van der Waals surface area contributed by atoms with E-state index in [0.29, 0.717) is 6.54 Å². The van der Waals surface area contributed by atoms with Crippen LogP contribution in [0.3, 0.4) is 0 Å². The second-order valence-corrected chi connectivity index (χ2v) is 5.41. The lowest BCUT2D eigenvalue weighted by atomic mass is 10.1. The van der Waals surface area contributed by atoms with Gasteiger partial charge in [0.25, 0.3) is 0 Å². The van der Waals surface area contributed by atoms with Gasteiger partial charge in [-0.3, -0.25) is 0 Å². The summed E-state index contributed by atoms with van der Waals surface area (Å²) in [5.41, 5.74) is 8.08. The van der Waals surface area contributed by atoms with Crippen LogP contribution in [0.4, 0.5) is 0 Å². The van der Waals surface area contributed by atoms with Gasteiger partial charge in [-0.15, -0.1) is 11.3 Å². The van der Waals surface area contributed by atoms with Crippen molar-refractivity contribution in [1.82, 2.24) is 4.98 Å². The Balaban J connectivity index is 2.20. The first kappa shape index (κ1) is 10.7. The molecule has 1 aromatic heterocycles. The van der Waals surface area contributed by atoms with Crippen LogP contribution in [0.2, 0.25) is 0 Å². The molecule has 15 heavy (non-hydrogen) atoms. The van der Waals surface area contributed by atoms with E-state index in [1.54, 1.807) is 23.1 Å². The number of nitrogens with two attached hydrogens (primary N) is 1. The predicted octanol–water partition coefficient (Wildman–Crippen LogP) is 3.06. The van der Waals surface area contributed by atoms with E-state index in [2.05, 4.69) is 30.1 Å². The van der Waals surface area contributed by atoms with Crippen molar-refractivity contribution in [3.8, 4) is 0 Å². The molecule has 0 aliphatic rings. The third-order valence-electron chi connectivity index (χ3n) is 2.15. The molecule has 1 heterocycles. The van der Waals surface area contributed by atoms with E-state index in [-0.39, 0.29) is 0 Å². The molecule has 0 radical (unpaired) electrons. The van der Waals surface area contributed by atoms with E-state index in [0.717, 1.165) is 4.34 Å². The Kier molecular flexibility index (Phi) is 3.41. The summed E-state index contributed by atoms with van der Waals surface area (Å²) in [7, 11) is 0. The van der Waals surface area contributed by atoms with Gasteiger partial charge in [-0.1, -0.05) is 17.8 Å². The summed E-state index contributed by atoms with van der Waals surface area (Å²) < 4.78 is 1.08. The van der Waals surface area contributed by atoms with Crippen molar-refractivity contribution in [3.05, 3.63) is 40.9 Å². The van der Waals surface area contributed by atoms with Crippen molar-refractivity contribution >= 4 is 23.1 Å². The Hall–Kier alpha value is -0.840. The van der Waals surface area contributed by atoms with Crippen LogP contribution < -0.4 is 5.73 Å². The summed E-state index contributed by atoms with van der Waals surface area (Å²) >= 11 is 3.35. The molecular formula is C11H12N2S2. The first-order valence-corrected chi connectivity index (χ1v) is 6.36. The molecule has 4 heteroatoms. The van der Waals surface area contributed by atoms with Gasteiger partial charge in [-0.05, 0) is 30.2 Å². The Morgan fingerprint density at radius 3 is 2.93 bits per heavy atom. The number of nitrogens with zero attached hydrogens (tertiary/aromatic N) is 1. The number of aromatic nitrogens is 1. The number of aryl methyl sites for hydroxylation is 1. The first-order chi connectivity index (χ1) is 7.29. The van der Waals surface area contributed by atoms with Gasteiger partial charge in [0.2, 0.25) is 0 Å². The molecule has 0 fully saturated rings. The van der Waals surface area contributed by atoms with Gasteiger partial charge in [0, 0.05) is 23.0 Å². The summed E-state index contributed by atoms with van der Waals surface area (Å²) in [5.74, 6) is 0.